The van der Waals surface area contributed by atoms with Crippen molar-refractivity contribution in [3.63, 3.8) is 0 Å². The maximum atomic E-state index is 2.64. The first-order valence-electron chi connectivity index (χ1n) is 13.3. The van der Waals surface area contributed by atoms with Crippen molar-refractivity contribution >= 4 is 0 Å². The quantitative estimate of drug-likeness (QED) is 0.350. The summed E-state index contributed by atoms with van der Waals surface area (Å²) in [5.41, 5.74) is 13.0. The van der Waals surface area contributed by atoms with Gasteiger partial charge in [-0.3, -0.25) is 0 Å². The van der Waals surface area contributed by atoms with E-state index in [-0.39, 0.29) is 16.2 Å². The van der Waals surface area contributed by atoms with Gasteiger partial charge in [-0.2, -0.15) is 0 Å². The highest BCUT2D eigenvalue weighted by molar-refractivity contribution is 5.80. The zero-order valence-corrected chi connectivity index (χ0v) is 21.8. The molecule has 1 fully saturated rings. The third-order valence-electron chi connectivity index (χ3n) is 8.61. The van der Waals surface area contributed by atoms with Crippen LogP contribution in [0.5, 0.6) is 0 Å². The summed E-state index contributed by atoms with van der Waals surface area (Å²) in [6.07, 6.45) is 17.5. The summed E-state index contributed by atoms with van der Waals surface area (Å²) in [6, 6.07) is 12.5. The fourth-order valence-electron chi connectivity index (χ4n) is 6.50. The van der Waals surface area contributed by atoms with E-state index in [0.717, 1.165) is 12.8 Å². The normalized spacial score (nSPS) is 19.8. The number of benzene rings is 2. The van der Waals surface area contributed by atoms with Crippen molar-refractivity contribution in [2.75, 3.05) is 0 Å². The Bertz CT molecular complexity index is 1120. The van der Waals surface area contributed by atoms with Gasteiger partial charge >= 0.3 is 0 Å². The Hall–Kier alpha value is -2.08. The molecule has 5 rings (SSSR count). The molecule has 0 aromatic heterocycles. The first-order chi connectivity index (χ1) is 15.6. The topological polar surface area (TPSA) is 0 Å². The van der Waals surface area contributed by atoms with E-state index in [2.05, 4.69) is 90.1 Å². The molecule has 0 heteroatoms. The maximum Gasteiger partial charge on any atom is 0.0171 e. The average molecular weight is 439 g/mol. The highest BCUT2D eigenvalue weighted by Gasteiger charge is 2.40. The molecule has 1 saturated carbocycles. The van der Waals surface area contributed by atoms with Crippen LogP contribution in [-0.4, -0.2) is 0 Å². The molecular weight excluding hydrogens is 396 g/mol. The van der Waals surface area contributed by atoms with Crippen molar-refractivity contribution < 1.29 is 0 Å². The summed E-state index contributed by atoms with van der Waals surface area (Å²) >= 11 is 0. The van der Waals surface area contributed by atoms with Crippen LogP contribution in [0.1, 0.15) is 114 Å². The minimum atomic E-state index is 0.141. The van der Waals surface area contributed by atoms with Crippen LogP contribution < -0.4 is 0 Å². The molecule has 2 aromatic rings. The van der Waals surface area contributed by atoms with Crippen LogP contribution in [0.25, 0.3) is 11.1 Å². The van der Waals surface area contributed by atoms with Crippen LogP contribution in [-0.2, 0) is 22.7 Å². The highest BCUT2D eigenvalue weighted by Crippen LogP contribution is 2.52. The molecule has 0 amide bonds. The summed E-state index contributed by atoms with van der Waals surface area (Å²) in [5.74, 6) is 0. The third-order valence-corrected chi connectivity index (χ3v) is 8.61. The van der Waals surface area contributed by atoms with Crippen LogP contribution in [0.4, 0.5) is 0 Å². The molecule has 3 aliphatic carbocycles. The smallest absolute Gasteiger partial charge is 0.0171 e. The predicted molar refractivity (Wildman–Crippen MR) is 143 cm³/mol. The van der Waals surface area contributed by atoms with Crippen molar-refractivity contribution in [2.45, 2.75) is 109 Å². The monoisotopic (exact) mass is 438 g/mol. The molecule has 174 valence electrons. The molecule has 3 aliphatic rings. The molecule has 0 nitrogen and oxygen atoms in total. The summed E-state index contributed by atoms with van der Waals surface area (Å²) < 4.78 is 0. The van der Waals surface area contributed by atoms with E-state index in [1.54, 1.807) is 16.7 Å². The predicted octanol–water partition coefficient (Wildman–Crippen LogP) is 9.33. The van der Waals surface area contributed by atoms with Gasteiger partial charge in [0.2, 0.25) is 0 Å². The van der Waals surface area contributed by atoms with Crippen LogP contribution in [0.2, 0.25) is 0 Å². The molecule has 2 aromatic carbocycles. The largest absolute Gasteiger partial charge is 0.0804 e. The van der Waals surface area contributed by atoms with Crippen molar-refractivity contribution in [1.82, 2.24) is 0 Å². The molecule has 0 atom stereocenters. The average Bonchev–Trinajstić information content (AvgIpc) is 3.34. The number of hydrogen-bond donors (Lipinski definition) is 0. The zero-order valence-electron chi connectivity index (χ0n) is 21.8. The van der Waals surface area contributed by atoms with Crippen LogP contribution >= 0.6 is 0 Å². The van der Waals surface area contributed by atoms with E-state index < -0.39 is 0 Å². The standard InChI is InChI=1S/C33H42/c1-31(2,3)25-16-15-23-19-29-28(27(23)20-25)21-26(32(4,5)6)22-30(29)33(24-13-9-10-14-24)17-11-7-8-12-18-33/h9-10,13,15-16,20-22H,7-8,11-12,14,17-19H2,1-6H3. The van der Waals surface area contributed by atoms with Gasteiger partial charge in [0, 0.05) is 5.41 Å². The van der Waals surface area contributed by atoms with E-state index in [4.69, 9.17) is 0 Å². The van der Waals surface area contributed by atoms with E-state index in [9.17, 15) is 0 Å². The summed E-state index contributed by atoms with van der Waals surface area (Å²) in [4.78, 5) is 0. The minimum absolute atomic E-state index is 0.141. The molecular formula is C33H42. The van der Waals surface area contributed by atoms with Gasteiger partial charge in [0.25, 0.3) is 0 Å². The van der Waals surface area contributed by atoms with Gasteiger partial charge in [0.15, 0.2) is 0 Å². The molecule has 0 radical (unpaired) electrons. The van der Waals surface area contributed by atoms with Gasteiger partial charge in [0.05, 0.1) is 0 Å². The maximum absolute atomic E-state index is 2.64. The molecule has 0 saturated heterocycles. The van der Waals surface area contributed by atoms with Crippen LogP contribution in [0.15, 0.2) is 54.1 Å². The Labute approximate surface area is 202 Å². The first-order valence-corrected chi connectivity index (χ1v) is 13.3. The number of hydrogen-bond acceptors (Lipinski definition) is 0. The van der Waals surface area contributed by atoms with Gasteiger partial charge in [-0.15, -0.1) is 0 Å². The molecule has 0 N–H and O–H groups in total. The number of fused-ring (bicyclic) bond motifs is 3. The highest BCUT2D eigenvalue weighted by atomic mass is 14.4. The Morgan fingerprint density at radius 2 is 1.39 bits per heavy atom. The van der Waals surface area contributed by atoms with Crippen molar-refractivity contribution in [2.24, 2.45) is 0 Å². The number of allylic oxidation sites excluding steroid dienone is 4. The Balaban J connectivity index is 1.76. The van der Waals surface area contributed by atoms with E-state index in [1.807, 2.05) is 0 Å². The summed E-state index contributed by atoms with van der Waals surface area (Å²) in [7, 11) is 0. The fraction of sp³-hybridized carbons (Fsp3) is 0.515. The Morgan fingerprint density at radius 1 is 0.727 bits per heavy atom. The van der Waals surface area contributed by atoms with E-state index in [0.29, 0.717) is 0 Å². The lowest BCUT2D eigenvalue weighted by atomic mass is 9.65. The molecule has 0 aliphatic heterocycles. The second kappa shape index (κ2) is 8.00. The number of rotatable bonds is 2. The molecule has 0 spiro atoms. The van der Waals surface area contributed by atoms with Crippen molar-refractivity contribution in [3.05, 3.63) is 82.0 Å². The minimum Gasteiger partial charge on any atom is -0.0804 e. The van der Waals surface area contributed by atoms with Gasteiger partial charge < -0.3 is 0 Å². The van der Waals surface area contributed by atoms with Gasteiger partial charge in [0.1, 0.15) is 0 Å². The fourth-order valence-corrected chi connectivity index (χ4v) is 6.50. The van der Waals surface area contributed by atoms with Crippen molar-refractivity contribution in [1.29, 1.82) is 0 Å². The van der Waals surface area contributed by atoms with Crippen LogP contribution in [0.3, 0.4) is 0 Å². The lowest BCUT2D eigenvalue weighted by Gasteiger charge is -2.38. The zero-order chi connectivity index (χ0) is 23.4. The SMILES string of the molecule is CC(C)(C)c1ccc2c(c1)-c1cc(C(C)(C)C)cc(C3(C4=CC=CC4)CCCCCC3)c1C2. The lowest BCUT2D eigenvalue weighted by Crippen LogP contribution is -2.30. The Kier molecular flexibility index (Phi) is 5.50. The lowest BCUT2D eigenvalue weighted by molar-refractivity contribution is 0.427. The van der Waals surface area contributed by atoms with Crippen LogP contribution in [0, 0.1) is 0 Å². The van der Waals surface area contributed by atoms with Crippen molar-refractivity contribution in [3.8, 4) is 11.1 Å². The van der Waals surface area contributed by atoms with Gasteiger partial charge in [-0.05, 0) is 75.5 Å². The van der Waals surface area contributed by atoms with Gasteiger partial charge in [-0.25, -0.2) is 0 Å². The third kappa shape index (κ3) is 3.94. The first kappa shape index (κ1) is 22.7. The molecule has 0 bridgehead atoms. The summed E-state index contributed by atoms with van der Waals surface area (Å²) in [5, 5.41) is 0. The Morgan fingerprint density at radius 3 is 2.00 bits per heavy atom. The van der Waals surface area contributed by atoms with Gasteiger partial charge in [-0.1, -0.05) is 121 Å². The molecule has 0 heterocycles. The molecule has 0 unspecified atom stereocenters. The van der Waals surface area contributed by atoms with E-state index >= 15 is 0 Å². The molecule has 33 heavy (non-hydrogen) atoms. The second-order valence-corrected chi connectivity index (χ2v) is 12.9. The second-order valence-electron chi connectivity index (χ2n) is 12.9. The van der Waals surface area contributed by atoms with E-state index in [1.165, 1.54) is 66.3 Å². The summed E-state index contributed by atoms with van der Waals surface area (Å²) in [6.45, 7) is 14.2.